The summed E-state index contributed by atoms with van der Waals surface area (Å²) in [5, 5.41) is 11.9. The molecule has 3 aromatic heterocycles. The first-order valence-corrected chi connectivity index (χ1v) is 16.4. The SMILES string of the molecule is c1ccc(-c2nc(-c3ccc4ccc5c6cnccc6sc5c4c3)nc(-c3cc4ccccc4c4c3ccc3ccccc34)n2)cc1. The molecule has 0 radical (unpaired) electrons. The van der Waals surface area contributed by atoms with Gasteiger partial charge < -0.3 is 0 Å². The van der Waals surface area contributed by atoms with Crippen LogP contribution >= 0.6 is 11.3 Å². The molecule has 0 atom stereocenters. The first-order valence-electron chi connectivity index (χ1n) is 15.6. The molecule has 0 aliphatic carbocycles. The van der Waals surface area contributed by atoms with Crippen molar-refractivity contribution >= 4 is 74.6 Å². The zero-order chi connectivity index (χ0) is 30.9. The molecule has 218 valence electrons. The molecule has 0 aliphatic rings. The fraction of sp³-hybridized carbons (Fsp3) is 0. The van der Waals surface area contributed by atoms with E-state index in [0.29, 0.717) is 17.5 Å². The van der Waals surface area contributed by atoms with Crippen molar-refractivity contribution in [2.45, 2.75) is 0 Å². The van der Waals surface area contributed by atoms with Gasteiger partial charge in [-0.1, -0.05) is 115 Å². The highest BCUT2D eigenvalue weighted by Crippen LogP contribution is 2.41. The van der Waals surface area contributed by atoms with Gasteiger partial charge in [0.25, 0.3) is 0 Å². The third-order valence-corrected chi connectivity index (χ3v) is 10.4. The van der Waals surface area contributed by atoms with Crippen LogP contribution < -0.4 is 0 Å². The largest absolute Gasteiger partial charge is 0.264 e. The molecule has 0 aliphatic heterocycles. The number of hydrogen-bond acceptors (Lipinski definition) is 5. The van der Waals surface area contributed by atoms with Crippen molar-refractivity contribution in [3.8, 4) is 34.2 Å². The van der Waals surface area contributed by atoms with Crippen LogP contribution in [0.2, 0.25) is 0 Å². The molecule has 0 bridgehead atoms. The van der Waals surface area contributed by atoms with Crippen LogP contribution in [0.4, 0.5) is 0 Å². The second kappa shape index (κ2) is 10.2. The molecule has 0 amide bonds. The first-order chi connectivity index (χ1) is 23.3. The molecule has 10 rings (SSSR count). The van der Waals surface area contributed by atoms with Crippen LogP contribution in [-0.2, 0) is 0 Å². The summed E-state index contributed by atoms with van der Waals surface area (Å²) < 4.78 is 2.48. The van der Waals surface area contributed by atoms with Gasteiger partial charge in [-0.15, -0.1) is 11.3 Å². The van der Waals surface area contributed by atoms with Crippen LogP contribution in [0.25, 0.3) is 97.4 Å². The van der Waals surface area contributed by atoms with Crippen LogP contribution in [0.1, 0.15) is 0 Å². The van der Waals surface area contributed by atoms with E-state index in [-0.39, 0.29) is 0 Å². The maximum Gasteiger partial charge on any atom is 0.164 e. The highest BCUT2D eigenvalue weighted by molar-refractivity contribution is 7.26. The van der Waals surface area contributed by atoms with E-state index in [1.54, 1.807) is 11.3 Å². The lowest BCUT2D eigenvalue weighted by Crippen LogP contribution is -2.01. The van der Waals surface area contributed by atoms with Crippen molar-refractivity contribution in [2.75, 3.05) is 0 Å². The zero-order valence-corrected chi connectivity index (χ0v) is 25.9. The van der Waals surface area contributed by atoms with E-state index in [4.69, 9.17) is 15.0 Å². The molecule has 47 heavy (non-hydrogen) atoms. The molecular weight excluding hydrogens is 593 g/mol. The summed E-state index contributed by atoms with van der Waals surface area (Å²) in [4.78, 5) is 19.9. The molecule has 0 saturated heterocycles. The zero-order valence-electron chi connectivity index (χ0n) is 25.1. The minimum absolute atomic E-state index is 0.651. The average Bonchev–Trinajstić information content (AvgIpc) is 3.53. The van der Waals surface area contributed by atoms with E-state index >= 15 is 0 Å². The minimum Gasteiger partial charge on any atom is -0.264 e. The van der Waals surface area contributed by atoms with Crippen LogP contribution in [-0.4, -0.2) is 19.9 Å². The smallest absolute Gasteiger partial charge is 0.164 e. The Morgan fingerprint density at radius 3 is 1.94 bits per heavy atom. The molecule has 0 N–H and O–H groups in total. The second-order valence-corrected chi connectivity index (χ2v) is 12.9. The molecule has 0 spiro atoms. The maximum atomic E-state index is 5.24. The molecule has 5 heteroatoms. The van der Waals surface area contributed by atoms with E-state index in [2.05, 4.69) is 120 Å². The van der Waals surface area contributed by atoms with Crippen LogP contribution in [0.3, 0.4) is 0 Å². The number of pyridine rings is 1. The van der Waals surface area contributed by atoms with Gasteiger partial charge in [-0.05, 0) is 55.9 Å². The second-order valence-electron chi connectivity index (χ2n) is 11.9. The number of aromatic nitrogens is 4. The van der Waals surface area contributed by atoms with Gasteiger partial charge in [-0.25, -0.2) is 15.0 Å². The molecule has 0 unspecified atom stereocenters. The molecule has 7 aromatic carbocycles. The van der Waals surface area contributed by atoms with Gasteiger partial charge >= 0.3 is 0 Å². The number of benzene rings is 7. The third-order valence-electron chi connectivity index (χ3n) is 9.17. The summed E-state index contributed by atoms with van der Waals surface area (Å²) >= 11 is 1.81. The summed E-state index contributed by atoms with van der Waals surface area (Å²) in [6, 6.07) is 47.1. The van der Waals surface area contributed by atoms with E-state index in [1.165, 1.54) is 52.5 Å². The fourth-order valence-corrected chi connectivity index (χ4v) is 8.13. The molecule has 10 aromatic rings. The fourth-order valence-electron chi connectivity index (χ4n) is 6.93. The van der Waals surface area contributed by atoms with Gasteiger partial charge in [0.1, 0.15) is 0 Å². The highest BCUT2D eigenvalue weighted by Gasteiger charge is 2.18. The van der Waals surface area contributed by atoms with Crippen molar-refractivity contribution in [3.05, 3.63) is 146 Å². The molecule has 4 nitrogen and oxygen atoms in total. The van der Waals surface area contributed by atoms with E-state index in [9.17, 15) is 0 Å². The first kappa shape index (κ1) is 26.2. The van der Waals surface area contributed by atoms with E-state index in [0.717, 1.165) is 27.5 Å². The Hall–Kier alpha value is -6.04. The maximum absolute atomic E-state index is 5.24. The van der Waals surface area contributed by atoms with Crippen molar-refractivity contribution in [1.82, 2.24) is 19.9 Å². The summed E-state index contributed by atoms with van der Waals surface area (Å²) in [6.45, 7) is 0. The lowest BCUT2D eigenvalue weighted by atomic mass is 9.92. The Kier molecular flexibility index (Phi) is 5.71. The summed E-state index contributed by atoms with van der Waals surface area (Å²) in [6.07, 6.45) is 3.83. The standard InChI is InChI=1S/C42H24N4S/c1-2-9-27(10-3-1)40-44-41(29-15-14-26-17-19-33-36-24-43-21-20-37(36)47-39(33)34(26)23-29)46-42(45-40)35-22-28-11-5-7-13-31(28)38-30-12-6-4-8-25(30)16-18-32(35)38/h1-24H. The number of fused-ring (bicyclic) bond motifs is 10. The molecule has 3 heterocycles. The van der Waals surface area contributed by atoms with Crippen LogP contribution in [0.15, 0.2) is 146 Å². The average molecular weight is 617 g/mol. The Morgan fingerprint density at radius 2 is 1.09 bits per heavy atom. The monoisotopic (exact) mass is 616 g/mol. The van der Waals surface area contributed by atoms with Gasteiger partial charge in [0.05, 0.1) is 0 Å². The van der Waals surface area contributed by atoms with Crippen molar-refractivity contribution in [3.63, 3.8) is 0 Å². The van der Waals surface area contributed by atoms with Crippen LogP contribution in [0, 0.1) is 0 Å². The van der Waals surface area contributed by atoms with Gasteiger partial charge in [-0.2, -0.15) is 0 Å². The van der Waals surface area contributed by atoms with E-state index in [1.807, 2.05) is 30.6 Å². The van der Waals surface area contributed by atoms with E-state index < -0.39 is 0 Å². The Labute approximate surface area is 273 Å². The normalized spacial score (nSPS) is 11.8. The quantitative estimate of drug-likeness (QED) is 0.185. The predicted octanol–water partition coefficient (Wildman–Crippen LogP) is 11.2. The molecular formula is C42H24N4S. The Bertz CT molecular complexity index is 2840. The lowest BCUT2D eigenvalue weighted by molar-refractivity contribution is 1.08. The molecule has 0 saturated carbocycles. The van der Waals surface area contributed by atoms with Crippen molar-refractivity contribution < 1.29 is 0 Å². The number of rotatable bonds is 3. The minimum atomic E-state index is 0.651. The van der Waals surface area contributed by atoms with Gasteiger partial charge in [-0.3, -0.25) is 4.98 Å². The number of thiophene rings is 1. The van der Waals surface area contributed by atoms with Gasteiger partial charge in [0, 0.05) is 54.6 Å². The lowest BCUT2D eigenvalue weighted by Gasteiger charge is -2.14. The molecule has 0 fully saturated rings. The predicted molar refractivity (Wildman–Crippen MR) is 197 cm³/mol. The highest BCUT2D eigenvalue weighted by atomic mass is 32.1. The summed E-state index contributed by atoms with van der Waals surface area (Å²) in [5.41, 5.74) is 2.90. The topological polar surface area (TPSA) is 51.6 Å². The number of nitrogens with zero attached hydrogens (tertiary/aromatic N) is 4. The van der Waals surface area contributed by atoms with Gasteiger partial charge in [0.2, 0.25) is 0 Å². The van der Waals surface area contributed by atoms with Crippen LogP contribution in [0.5, 0.6) is 0 Å². The van der Waals surface area contributed by atoms with Crippen molar-refractivity contribution in [1.29, 1.82) is 0 Å². The van der Waals surface area contributed by atoms with Gasteiger partial charge in [0.15, 0.2) is 17.5 Å². The Morgan fingerprint density at radius 1 is 0.426 bits per heavy atom. The third kappa shape index (κ3) is 4.14. The number of hydrogen-bond donors (Lipinski definition) is 0. The summed E-state index contributed by atoms with van der Waals surface area (Å²) in [5.74, 6) is 1.96. The Balaban J connectivity index is 1.26. The van der Waals surface area contributed by atoms with Crippen molar-refractivity contribution in [2.24, 2.45) is 0 Å². The summed E-state index contributed by atoms with van der Waals surface area (Å²) in [7, 11) is 0.